The van der Waals surface area contributed by atoms with E-state index in [1.54, 1.807) is 0 Å². The number of nitrogens with two attached hydrogens (primary N) is 1. The van der Waals surface area contributed by atoms with Crippen molar-refractivity contribution >= 4 is 5.82 Å². The van der Waals surface area contributed by atoms with Gasteiger partial charge >= 0.3 is 0 Å². The highest BCUT2D eigenvalue weighted by Crippen LogP contribution is 2.19. The predicted octanol–water partition coefficient (Wildman–Crippen LogP) is 3.73. The van der Waals surface area contributed by atoms with Crippen molar-refractivity contribution in [2.75, 3.05) is 5.73 Å². The van der Waals surface area contributed by atoms with Gasteiger partial charge in [0, 0.05) is 11.8 Å². The quantitative estimate of drug-likeness (QED) is 0.766. The van der Waals surface area contributed by atoms with Crippen LogP contribution in [0.4, 0.5) is 5.82 Å². The van der Waals surface area contributed by atoms with Gasteiger partial charge in [-0.15, -0.1) is 0 Å². The SMILES string of the molecule is CCCCCCCc1cn(C(C)(C)C)nc1N. The maximum atomic E-state index is 5.95. The highest BCUT2D eigenvalue weighted by molar-refractivity contribution is 5.37. The van der Waals surface area contributed by atoms with Gasteiger partial charge in [-0.3, -0.25) is 4.68 Å². The van der Waals surface area contributed by atoms with E-state index in [1.165, 1.54) is 37.7 Å². The van der Waals surface area contributed by atoms with E-state index >= 15 is 0 Å². The number of aromatic nitrogens is 2. The molecule has 0 bridgehead atoms. The molecule has 17 heavy (non-hydrogen) atoms. The van der Waals surface area contributed by atoms with Gasteiger partial charge in [0.15, 0.2) is 0 Å². The number of unbranched alkanes of at least 4 members (excludes halogenated alkanes) is 4. The topological polar surface area (TPSA) is 43.8 Å². The molecule has 0 saturated heterocycles. The zero-order chi connectivity index (χ0) is 12.9. The van der Waals surface area contributed by atoms with E-state index in [0.29, 0.717) is 5.82 Å². The summed E-state index contributed by atoms with van der Waals surface area (Å²) in [5.41, 5.74) is 7.17. The zero-order valence-electron chi connectivity index (χ0n) is 11.8. The lowest BCUT2D eigenvalue weighted by Gasteiger charge is -2.18. The van der Waals surface area contributed by atoms with Crippen molar-refractivity contribution in [2.24, 2.45) is 0 Å². The van der Waals surface area contributed by atoms with E-state index in [9.17, 15) is 0 Å². The van der Waals surface area contributed by atoms with Gasteiger partial charge in [-0.05, 0) is 33.6 Å². The zero-order valence-corrected chi connectivity index (χ0v) is 11.8. The molecule has 0 aliphatic heterocycles. The molecule has 0 aliphatic rings. The van der Waals surface area contributed by atoms with Gasteiger partial charge in [-0.1, -0.05) is 32.6 Å². The van der Waals surface area contributed by atoms with Crippen molar-refractivity contribution in [1.82, 2.24) is 9.78 Å². The summed E-state index contributed by atoms with van der Waals surface area (Å²) in [5, 5.41) is 4.39. The molecular formula is C14H27N3. The van der Waals surface area contributed by atoms with Gasteiger partial charge in [0.1, 0.15) is 5.82 Å². The third kappa shape index (κ3) is 4.41. The van der Waals surface area contributed by atoms with Crippen LogP contribution in [0.2, 0.25) is 0 Å². The number of rotatable bonds is 6. The van der Waals surface area contributed by atoms with Crippen LogP contribution in [0, 0.1) is 0 Å². The molecule has 0 spiro atoms. The van der Waals surface area contributed by atoms with E-state index in [0.717, 1.165) is 6.42 Å². The predicted molar refractivity (Wildman–Crippen MR) is 74.1 cm³/mol. The van der Waals surface area contributed by atoms with Crippen molar-refractivity contribution in [2.45, 2.75) is 71.8 Å². The second kappa shape index (κ2) is 6.08. The van der Waals surface area contributed by atoms with E-state index in [1.807, 2.05) is 4.68 Å². The molecule has 98 valence electrons. The Morgan fingerprint density at radius 1 is 1.18 bits per heavy atom. The van der Waals surface area contributed by atoms with Gasteiger partial charge in [-0.25, -0.2) is 0 Å². The summed E-state index contributed by atoms with van der Waals surface area (Å²) >= 11 is 0. The van der Waals surface area contributed by atoms with E-state index in [-0.39, 0.29) is 5.54 Å². The van der Waals surface area contributed by atoms with Gasteiger partial charge in [0.25, 0.3) is 0 Å². The summed E-state index contributed by atoms with van der Waals surface area (Å²) in [7, 11) is 0. The van der Waals surface area contributed by atoms with Gasteiger partial charge < -0.3 is 5.73 Å². The second-order valence-corrected chi connectivity index (χ2v) is 5.82. The monoisotopic (exact) mass is 237 g/mol. The largest absolute Gasteiger partial charge is 0.382 e. The molecule has 0 radical (unpaired) electrons. The molecule has 2 N–H and O–H groups in total. The molecule has 0 unspecified atom stereocenters. The fourth-order valence-corrected chi connectivity index (χ4v) is 1.88. The summed E-state index contributed by atoms with van der Waals surface area (Å²) in [6.07, 6.45) is 9.67. The Morgan fingerprint density at radius 3 is 2.35 bits per heavy atom. The van der Waals surface area contributed by atoms with Crippen molar-refractivity contribution in [1.29, 1.82) is 0 Å². The highest BCUT2D eigenvalue weighted by Gasteiger charge is 2.16. The van der Waals surface area contributed by atoms with Crippen LogP contribution >= 0.6 is 0 Å². The smallest absolute Gasteiger partial charge is 0.148 e. The summed E-state index contributed by atoms with van der Waals surface area (Å²) in [6, 6.07) is 0. The second-order valence-electron chi connectivity index (χ2n) is 5.82. The van der Waals surface area contributed by atoms with Crippen LogP contribution in [0.15, 0.2) is 6.20 Å². The number of aryl methyl sites for hydroxylation is 1. The summed E-state index contributed by atoms with van der Waals surface area (Å²) in [5.74, 6) is 0.704. The average molecular weight is 237 g/mol. The van der Waals surface area contributed by atoms with E-state index in [4.69, 9.17) is 5.73 Å². The minimum atomic E-state index is 0.0224. The fraction of sp³-hybridized carbons (Fsp3) is 0.786. The maximum absolute atomic E-state index is 5.95. The molecule has 0 atom stereocenters. The number of hydrogen-bond donors (Lipinski definition) is 1. The van der Waals surface area contributed by atoms with Crippen LogP contribution in [0.25, 0.3) is 0 Å². The third-order valence-electron chi connectivity index (χ3n) is 3.06. The first-order valence-corrected chi connectivity index (χ1v) is 6.79. The summed E-state index contributed by atoms with van der Waals surface area (Å²) < 4.78 is 1.98. The van der Waals surface area contributed by atoms with Gasteiger partial charge in [0.05, 0.1) is 5.54 Å². The van der Waals surface area contributed by atoms with Gasteiger partial charge in [0.2, 0.25) is 0 Å². The third-order valence-corrected chi connectivity index (χ3v) is 3.06. The van der Waals surface area contributed by atoms with Crippen molar-refractivity contribution < 1.29 is 0 Å². The Balaban J connectivity index is 2.46. The normalized spacial score (nSPS) is 12.0. The number of nitrogen functional groups attached to an aromatic ring is 1. The fourth-order valence-electron chi connectivity index (χ4n) is 1.88. The van der Waals surface area contributed by atoms with Crippen LogP contribution in [0.1, 0.15) is 65.4 Å². The van der Waals surface area contributed by atoms with Gasteiger partial charge in [-0.2, -0.15) is 5.10 Å². The molecule has 0 aromatic carbocycles. The number of nitrogens with zero attached hydrogens (tertiary/aromatic N) is 2. The first-order valence-electron chi connectivity index (χ1n) is 6.79. The molecule has 1 rings (SSSR count). The van der Waals surface area contributed by atoms with Crippen molar-refractivity contribution in [3.8, 4) is 0 Å². The Kier molecular flexibility index (Phi) is 5.03. The summed E-state index contributed by atoms with van der Waals surface area (Å²) in [4.78, 5) is 0. The lowest BCUT2D eigenvalue weighted by molar-refractivity contribution is 0.356. The number of anilines is 1. The molecule has 0 aliphatic carbocycles. The van der Waals surface area contributed by atoms with Crippen LogP contribution in [-0.2, 0) is 12.0 Å². The lowest BCUT2D eigenvalue weighted by Crippen LogP contribution is -2.22. The number of hydrogen-bond acceptors (Lipinski definition) is 2. The van der Waals surface area contributed by atoms with E-state index in [2.05, 4.69) is 39.0 Å². The van der Waals surface area contributed by atoms with E-state index < -0.39 is 0 Å². The molecular weight excluding hydrogens is 210 g/mol. The minimum Gasteiger partial charge on any atom is -0.382 e. The molecule has 0 saturated carbocycles. The first kappa shape index (κ1) is 14.1. The van der Waals surface area contributed by atoms with Crippen molar-refractivity contribution in [3.05, 3.63) is 11.8 Å². The Bertz CT molecular complexity index is 334. The van der Waals surface area contributed by atoms with Crippen LogP contribution < -0.4 is 5.73 Å². The molecule has 0 amide bonds. The maximum Gasteiger partial charge on any atom is 0.148 e. The lowest BCUT2D eigenvalue weighted by atomic mass is 10.1. The molecule has 0 fully saturated rings. The molecule has 1 aromatic heterocycles. The highest BCUT2D eigenvalue weighted by atomic mass is 15.3. The van der Waals surface area contributed by atoms with Crippen LogP contribution in [0.5, 0.6) is 0 Å². The first-order chi connectivity index (χ1) is 7.95. The Hall–Kier alpha value is -0.990. The van der Waals surface area contributed by atoms with Crippen LogP contribution in [-0.4, -0.2) is 9.78 Å². The molecule has 1 aromatic rings. The Labute approximate surface area is 105 Å². The average Bonchev–Trinajstić information content (AvgIpc) is 2.60. The molecule has 3 nitrogen and oxygen atoms in total. The minimum absolute atomic E-state index is 0.0224. The van der Waals surface area contributed by atoms with Crippen LogP contribution in [0.3, 0.4) is 0 Å². The standard InChI is InChI=1S/C14H27N3/c1-5-6-7-8-9-10-12-11-17(14(2,3)4)16-13(12)15/h11H,5-10H2,1-4H3,(H2,15,16). The van der Waals surface area contributed by atoms with Crippen molar-refractivity contribution in [3.63, 3.8) is 0 Å². The Morgan fingerprint density at radius 2 is 1.82 bits per heavy atom. The summed E-state index contributed by atoms with van der Waals surface area (Å²) in [6.45, 7) is 8.67. The molecule has 3 heteroatoms. The molecule has 1 heterocycles.